The third-order valence-electron chi connectivity index (χ3n) is 2.80. The molecular formula is C14H17NO2. The highest BCUT2D eigenvalue weighted by atomic mass is 16.5. The van der Waals surface area contributed by atoms with Gasteiger partial charge in [-0.1, -0.05) is 31.2 Å². The van der Waals surface area contributed by atoms with Gasteiger partial charge in [0.25, 0.3) is 0 Å². The third kappa shape index (κ3) is 3.43. The van der Waals surface area contributed by atoms with Crippen LogP contribution in [0.3, 0.4) is 0 Å². The van der Waals surface area contributed by atoms with Gasteiger partial charge in [-0.05, 0) is 23.6 Å². The van der Waals surface area contributed by atoms with Gasteiger partial charge in [0.2, 0.25) is 5.91 Å². The van der Waals surface area contributed by atoms with Crippen molar-refractivity contribution < 1.29 is 9.53 Å². The molecule has 0 spiro atoms. The predicted octanol–water partition coefficient (Wildman–Crippen LogP) is 1.78. The Morgan fingerprint density at radius 1 is 1.41 bits per heavy atom. The van der Waals surface area contributed by atoms with Crippen molar-refractivity contribution in [2.75, 3.05) is 13.2 Å². The first-order valence-corrected chi connectivity index (χ1v) is 5.93. The van der Waals surface area contributed by atoms with Crippen molar-refractivity contribution in [3.05, 3.63) is 41.5 Å². The normalized spacial score (nSPS) is 15.8. The van der Waals surface area contributed by atoms with Gasteiger partial charge in [0.05, 0.1) is 19.3 Å². The number of benzene rings is 1. The zero-order valence-corrected chi connectivity index (χ0v) is 9.98. The lowest BCUT2D eigenvalue weighted by molar-refractivity contribution is -0.120. The number of amides is 1. The van der Waals surface area contributed by atoms with Crippen LogP contribution in [0.1, 0.15) is 18.1 Å². The van der Waals surface area contributed by atoms with Gasteiger partial charge in [0.1, 0.15) is 0 Å². The number of carbonyl (C=O) groups excluding carboxylic acids is 1. The second-order valence-electron chi connectivity index (χ2n) is 4.17. The molecular weight excluding hydrogens is 214 g/mol. The molecule has 2 rings (SSSR count). The maximum Gasteiger partial charge on any atom is 0.244 e. The van der Waals surface area contributed by atoms with E-state index in [1.165, 1.54) is 5.56 Å². The minimum atomic E-state index is -0.0575. The van der Waals surface area contributed by atoms with Crippen molar-refractivity contribution in [1.82, 2.24) is 5.32 Å². The van der Waals surface area contributed by atoms with Crippen LogP contribution in [0.2, 0.25) is 0 Å². The molecule has 3 heteroatoms. The zero-order valence-electron chi connectivity index (χ0n) is 9.98. The monoisotopic (exact) mass is 231 g/mol. The fourth-order valence-electron chi connectivity index (χ4n) is 1.60. The number of ether oxygens (including phenoxy) is 1. The molecule has 0 aliphatic carbocycles. The first kappa shape index (κ1) is 11.9. The van der Waals surface area contributed by atoms with E-state index < -0.39 is 0 Å². The number of aryl methyl sites for hydroxylation is 1. The first-order valence-electron chi connectivity index (χ1n) is 5.93. The van der Waals surface area contributed by atoms with Crippen molar-refractivity contribution in [2.45, 2.75) is 19.4 Å². The molecule has 3 nitrogen and oxygen atoms in total. The van der Waals surface area contributed by atoms with Crippen LogP contribution < -0.4 is 5.32 Å². The highest BCUT2D eigenvalue weighted by Crippen LogP contribution is 2.06. The fraction of sp³-hybridized carbons (Fsp3) is 0.357. The van der Waals surface area contributed by atoms with Crippen molar-refractivity contribution in [3.8, 4) is 0 Å². The van der Waals surface area contributed by atoms with Crippen LogP contribution in [0, 0.1) is 0 Å². The van der Waals surface area contributed by atoms with Gasteiger partial charge >= 0.3 is 0 Å². The minimum absolute atomic E-state index is 0.0575. The summed E-state index contributed by atoms with van der Waals surface area (Å²) in [5.41, 5.74) is 2.35. The Bertz CT molecular complexity index is 405. The quantitative estimate of drug-likeness (QED) is 0.802. The Morgan fingerprint density at radius 3 is 2.65 bits per heavy atom. The smallest absolute Gasteiger partial charge is 0.244 e. The summed E-state index contributed by atoms with van der Waals surface area (Å²) in [5.74, 6) is -0.0575. The van der Waals surface area contributed by atoms with Gasteiger partial charge in [0, 0.05) is 6.08 Å². The van der Waals surface area contributed by atoms with E-state index in [-0.39, 0.29) is 11.9 Å². The van der Waals surface area contributed by atoms with Gasteiger partial charge in [0.15, 0.2) is 0 Å². The Labute approximate surface area is 101 Å². The molecule has 0 unspecified atom stereocenters. The van der Waals surface area contributed by atoms with Crippen molar-refractivity contribution in [2.24, 2.45) is 0 Å². The molecule has 0 aromatic heterocycles. The van der Waals surface area contributed by atoms with Crippen LogP contribution in [-0.4, -0.2) is 25.2 Å². The Morgan fingerprint density at radius 2 is 2.12 bits per heavy atom. The average Bonchev–Trinajstić information content (AvgIpc) is 2.32. The van der Waals surface area contributed by atoms with Crippen LogP contribution in [0.15, 0.2) is 30.3 Å². The second-order valence-corrected chi connectivity index (χ2v) is 4.17. The van der Waals surface area contributed by atoms with E-state index in [0.717, 1.165) is 12.0 Å². The summed E-state index contributed by atoms with van der Waals surface area (Å²) in [6.07, 6.45) is 4.43. The topological polar surface area (TPSA) is 38.3 Å². The number of hydrogen-bond donors (Lipinski definition) is 1. The molecule has 1 aliphatic rings. The van der Waals surface area contributed by atoms with Gasteiger partial charge < -0.3 is 10.1 Å². The van der Waals surface area contributed by atoms with Crippen LogP contribution in [0.25, 0.3) is 6.08 Å². The van der Waals surface area contributed by atoms with Gasteiger partial charge in [-0.3, -0.25) is 4.79 Å². The SMILES string of the molecule is CCc1ccc(C=CC(=O)NC2COC2)cc1. The molecule has 1 fully saturated rings. The Hall–Kier alpha value is -1.61. The number of hydrogen-bond acceptors (Lipinski definition) is 2. The van der Waals surface area contributed by atoms with E-state index in [9.17, 15) is 4.79 Å². The molecule has 0 bridgehead atoms. The summed E-state index contributed by atoms with van der Waals surface area (Å²) in [5, 5.41) is 2.86. The second kappa shape index (κ2) is 5.64. The average molecular weight is 231 g/mol. The summed E-state index contributed by atoms with van der Waals surface area (Å²) < 4.78 is 4.99. The lowest BCUT2D eigenvalue weighted by Crippen LogP contribution is -2.48. The number of nitrogens with one attached hydrogen (secondary N) is 1. The molecule has 1 aromatic carbocycles. The van der Waals surface area contributed by atoms with E-state index in [4.69, 9.17) is 4.74 Å². The Kier molecular flexibility index (Phi) is 3.94. The predicted molar refractivity (Wildman–Crippen MR) is 67.6 cm³/mol. The van der Waals surface area contributed by atoms with Gasteiger partial charge in [-0.15, -0.1) is 0 Å². The molecule has 0 radical (unpaired) electrons. The van der Waals surface area contributed by atoms with Crippen LogP contribution in [0.4, 0.5) is 0 Å². The van der Waals surface area contributed by atoms with E-state index >= 15 is 0 Å². The molecule has 1 amide bonds. The molecule has 17 heavy (non-hydrogen) atoms. The summed E-state index contributed by atoms with van der Waals surface area (Å²) in [6, 6.07) is 8.40. The summed E-state index contributed by atoms with van der Waals surface area (Å²) >= 11 is 0. The first-order chi connectivity index (χ1) is 8.28. The number of rotatable bonds is 4. The molecule has 1 N–H and O–H groups in total. The van der Waals surface area contributed by atoms with E-state index in [2.05, 4.69) is 24.4 Å². The van der Waals surface area contributed by atoms with Crippen LogP contribution >= 0.6 is 0 Å². The molecule has 1 aliphatic heterocycles. The standard InChI is InChI=1S/C14H17NO2/c1-2-11-3-5-12(6-4-11)7-8-14(16)15-13-9-17-10-13/h3-8,13H,2,9-10H2,1H3,(H,15,16). The summed E-state index contributed by atoms with van der Waals surface area (Å²) in [6.45, 7) is 3.38. The maximum atomic E-state index is 11.5. The summed E-state index contributed by atoms with van der Waals surface area (Å²) in [7, 11) is 0. The molecule has 0 saturated carbocycles. The molecule has 1 saturated heterocycles. The van der Waals surface area contributed by atoms with Gasteiger partial charge in [-0.2, -0.15) is 0 Å². The fourth-order valence-corrected chi connectivity index (χ4v) is 1.60. The largest absolute Gasteiger partial charge is 0.377 e. The van der Waals surface area contributed by atoms with Crippen LogP contribution in [-0.2, 0) is 16.0 Å². The van der Waals surface area contributed by atoms with Crippen molar-refractivity contribution >= 4 is 12.0 Å². The molecule has 0 atom stereocenters. The zero-order chi connectivity index (χ0) is 12.1. The number of carbonyl (C=O) groups is 1. The van der Waals surface area contributed by atoms with Gasteiger partial charge in [-0.25, -0.2) is 0 Å². The Balaban J connectivity index is 1.87. The van der Waals surface area contributed by atoms with E-state index in [0.29, 0.717) is 13.2 Å². The molecule has 90 valence electrons. The lowest BCUT2D eigenvalue weighted by atomic mass is 10.1. The molecule has 1 aromatic rings. The van der Waals surface area contributed by atoms with E-state index in [1.807, 2.05) is 18.2 Å². The van der Waals surface area contributed by atoms with Crippen molar-refractivity contribution in [3.63, 3.8) is 0 Å². The maximum absolute atomic E-state index is 11.5. The molecule has 1 heterocycles. The van der Waals surface area contributed by atoms with E-state index in [1.54, 1.807) is 6.08 Å². The van der Waals surface area contributed by atoms with Crippen molar-refractivity contribution in [1.29, 1.82) is 0 Å². The summed E-state index contributed by atoms with van der Waals surface area (Å²) in [4.78, 5) is 11.5. The lowest BCUT2D eigenvalue weighted by Gasteiger charge is -2.26. The third-order valence-corrected chi connectivity index (χ3v) is 2.80. The minimum Gasteiger partial charge on any atom is -0.377 e. The highest BCUT2D eigenvalue weighted by molar-refractivity contribution is 5.91. The highest BCUT2D eigenvalue weighted by Gasteiger charge is 2.18. The van der Waals surface area contributed by atoms with Crippen LogP contribution in [0.5, 0.6) is 0 Å².